The average molecular weight is 452 g/mol. The van der Waals surface area contributed by atoms with Crippen LogP contribution in [-0.2, 0) is 17.8 Å². The second-order valence-corrected chi connectivity index (χ2v) is 8.38. The number of rotatable bonds is 7. The van der Waals surface area contributed by atoms with E-state index in [0.717, 1.165) is 34.4 Å². The van der Waals surface area contributed by atoms with Crippen LogP contribution >= 0.6 is 23.2 Å². The van der Waals surface area contributed by atoms with Gasteiger partial charge < -0.3 is 9.88 Å². The molecule has 1 atom stereocenters. The summed E-state index contributed by atoms with van der Waals surface area (Å²) < 4.78 is 2.18. The number of nitrogens with one attached hydrogen (secondary N) is 1. The summed E-state index contributed by atoms with van der Waals surface area (Å²) in [5, 5.41) is 4.53. The molecule has 1 heterocycles. The fraction of sp³-hybridized carbons (Fsp3) is 0.200. The van der Waals surface area contributed by atoms with E-state index < -0.39 is 0 Å². The molecule has 1 unspecified atom stereocenters. The number of carbonyl (C=O) groups excluding carboxylic acids is 1. The zero-order valence-corrected chi connectivity index (χ0v) is 18.7. The highest BCUT2D eigenvalue weighted by Gasteiger charge is 2.21. The first-order chi connectivity index (χ1) is 15.0. The number of para-hydroxylation sites is 2. The van der Waals surface area contributed by atoms with E-state index in [1.807, 2.05) is 54.6 Å². The Morgan fingerprint density at radius 1 is 0.935 bits per heavy atom. The number of hydrogen-bond donors (Lipinski definition) is 1. The number of aromatic nitrogens is 2. The van der Waals surface area contributed by atoms with Gasteiger partial charge in [-0.1, -0.05) is 66.5 Å². The van der Waals surface area contributed by atoms with Gasteiger partial charge in [-0.2, -0.15) is 0 Å². The predicted molar refractivity (Wildman–Crippen MR) is 127 cm³/mol. The van der Waals surface area contributed by atoms with E-state index in [-0.39, 0.29) is 11.9 Å². The summed E-state index contributed by atoms with van der Waals surface area (Å²) in [6, 6.07) is 23.0. The smallest absolute Gasteiger partial charge is 0.225 e. The van der Waals surface area contributed by atoms with Crippen molar-refractivity contribution in [2.24, 2.45) is 0 Å². The molecule has 1 N–H and O–H groups in total. The third kappa shape index (κ3) is 5.09. The molecule has 0 saturated carbocycles. The molecule has 3 aromatic carbocycles. The maximum Gasteiger partial charge on any atom is 0.225 e. The molecule has 6 heteroatoms. The van der Waals surface area contributed by atoms with E-state index in [4.69, 9.17) is 28.2 Å². The normalized spacial score (nSPS) is 12.1. The summed E-state index contributed by atoms with van der Waals surface area (Å²) in [4.78, 5) is 17.6. The molecule has 4 rings (SSSR count). The van der Waals surface area contributed by atoms with Crippen LogP contribution in [0.3, 0.4) is 0 Å². The van der Waals surface area contributed by atoms with Crippen LogP contribution in [0.5, 0.6) is 0 Å². The summed E-state index contributed by atoms with van der Waals surface area (Å²) in [5.41, 5.74) is 4.00. The summed E-state index contributed by atoms with van der Waals surface area (Å²) in [6.07, 6.45) is 1.03. The Bertz CT molecular complexity index is 1180. The lowest BCUT2D eigenvalue weighted by Crippen LogP contribution is -2.31. The highest BCUT2D eigenvalue weighted by atomic mass is 35.5. The summed E-state index contributed by atoms with van der Waals surface area (Å²) in [5.74, 6) is 0.808. The quantitative estimate of drug-likeness (QED) is 0.363. The Hall–Kier alpha value is -2.82. The van der Waals surface area contributed by atoms with Crippen molar-refractivity contribution in [3.05, 3.63) is 99.8 Å². The van der Waals surface area contributed by atoms with Gasteiger partial charge in [0.05, 0.1) is 23.5 Å². The van der Waals surface area contributed by atoms with Crippen molar-refractivity contribution in [2.45, 2.75) is 32.4 Å². The summed E-state index contributed by atoms with van der Waals surface area (Å²) in [6.45, 7) is 2.70. The van der Waals surface area contributed by atoms with Crippen LogP contribution in [0.2, 0.25) is 10.0 Å². The van der Waals surface area contributed by atoms with Gasteiger partial charge in [0.25, 0.3) is 0 Å². The van der Waals surface area contributed by atoms with E-state index >= 15 is 0 Å². The van der Waals surface area contributed by atoms with Gasteiger partial charge in [0, 0.05) is 16.6 Å². The van der Waals surface area contributed by atoms with Gasteiger partial charge in [0.2, 0.25) is 5.91 Å². The molecule has 31 heavy (non-hydrogen) atoms. The standard InChI is InChI=1S/C25H23Cl2N3O/c1-2-21(28-24(31)15-17-7-11-19(26)12-8-17)25-29-22-5-3-4-6-23(22)30(25)16-18-9-13-20(27)14-10-18/h3-14,21H,2,15-16H2,1H3,(H,28,31). The maximum atomic E-state index is 12.8. The molecule has 1 aromatic heterocycles. The fourth-order valence-corrected chi connectivity index (χ4v) is 3.93. The second kappa shape index (κ2) is 9.54. The third-order valence-corrected chi connectivity index (χ3v) is 5.78. The molecule has 0 aliphatic rings. The van der Waals surface area contributed by atoms with E-state index in [1.165, 1.54) is 0 Å². The van der Waals surface area contributed by atoms with Gasteiger partial charge in [-0.15, -0.1) is 0 Å². The minimum atomic E-state index is -0.195. The molecule has 0 fully saturated rings. The first-order valence-electron chi connectivity index (χ1n) is 10.3. The largest absolute Gasteiger partial charge is 0.346 e. The van der Waals surface area contributed by atoms with E-state index in [0.29, 0.717) is 23.0 Å². The molecule has 0 radical (unpaired) electrons. The van der Waals surface area contributed by atoms with Crippen LogP contribution in [0.1, 0.15) is 36.3 Å². The Balaban J connectivity index is 1.62. The number of nitrogens with zero attached hydrogens (tertiary/aromatic N) is 2. The second-order valence-electron chi connectivity index (χ2n) is 7.50. The highest BCUT2D eigenvalue weighted by Crippen LogP contribution is 2.25. The molecule has 0 bridgehead atoms. The van der Waals surface area contributed by atoms with Crippen LogP contribution in [0.25, 0.3) is 11.0 Å². The van der Waals surface area contributed by atoms with Crippen LogP contribution in [0.15, 0.2) is 72.8 Å². The number of benzene rings is 3. The van der Waals surface area contributed by atoms with Crippen LogP contribution < -0.4 is 5.32 Å². The molecule has 0 aliphatic carbocycles. The Labute approximate surface area is 191 Å². The lowest BCUT2D eigenvalue weighted by Gasteiger charge is -2.19. The first-order valence-corrected chi connectivity index (χ1v) is 11.0. The molecule has 158 valence electrons. The first kappa shape index (κ1) is 21.4. The third-order valence-electron chi connectivity index (χ3n) is 5.27. The SMILES string of the molecule is CCC(NC(=O)Cc1ccc(Cl)cc1)c1nc2ccccc2n1Cc1ccc(Cl)cc1. The van der Waals surface area contributed by atoms with E-state index in [2.05, 4.69) is 22.9 Å². The Kier molecular flexibility index (Phi) is 6.59. The minimum Gasteiger partial charge on any atom is -0.346 e. The predicted octanol–water partition coefficient (Wildman–Crippen LogP) is 6.20. The molecular weight excluding hydrogens is 429 g/mol. The molecule has 4 aromatic rings. The van der Waals surface area contributed by atoms with Crippen molar-refractivity contribution in [1.29, 1.82) is 0 Å². The zero-order valence-electron chi connectivity index (χ0n) is 17.2. The number of carbonyl (C=O) groups is 1. The number of imidazole rings is 1. The van der Waals surface area contributed by atoms with Crippen LogP contribution in [-0.4, -0.2) is 15.5 Å². The number of hydrogen-bond acceptors (Lipinski definition) is 2. The van der Waals surface area contributed by atoms with Crippen molar-refractivity contribution in [3.63, 3.8) is 0 Å². The number of amides is 1. The van der Waals surface area contributed by atoms with Gasteiger partial charge in [0.15, 0.2) is 0 Å². The lowest BCUT2D eigenvalue weighted by atomic mass is 10.1. The zero-order chi connectivity index (χ0) is 21.8. The van der Waals surface area contributed by atoms with E-state index in [1.54, 1.807) is 12.1 Å². The average Bonchev–Trinajstić information content (AvgIpc) is 3.13. The Morgan fingerprint density at radius 3 is 2.19 bits per heavy atom. The molecule has 0 saturated heterocycles. The summed E-state index contributed by atoms with van der Waals surface area (Å²) >= 11 is 12.0. The van der Waals surface area contributed by atoms with E-state index in [9.17, 15) is 4.79 Å². The minimum absolute atomic E-state index is 0.0423. The van der Waals surface area contributed by atoms with Gasteiger partial charge in [-0.25, -0.2) is 4.98 Å². The monoisotopic (exact) mass is 451 g/mol. The van der Waals surface area contributed by atoms with Crippen molar-refractivity contribution in [2.75, 3.05) is 0 Å². The van der Waals surface area contributed by atoms with Crippen molar-refractivity contribution >= 4 is 40.1 Å². The van der Waals surface area contributed by atoms with Crippen molar-refractivity contribution in [1.82, 2.24) is 14.9 Å². The molecular formula is C25H23Cl2N3O. The van der Waals surface area contributed by atoms with Crippen LogP contribution in [0, 0.1) is 0 Å². The lowest BCUT2D eigenvalue weighted by molar-refractivity contribution is -0.121. The van der Waals surface area contributed by atoms with Gasteiger partial charge in [-0.05, 0) is 53.9 Å². The fourth-order valence-electron chi connectivity index (χ4n) is 3.68. The van der Waals surface area contributed by atoms with Gasteiger partial charge in [0.1, 0.15) is 5.82 Å². The highest BCUT2D eigenvalue weighted by molar-refractivity contribution is 6.30. The number of fused-ring (bicyclic) bond motifs is 1. The Morgan fingerprint density at radius 2 is 1.55 bits per heavy atom. The summed E-state index contributed by atoms with van der Waals surface area (Å²) in [7, 11) is 0. The van der Waals surface area contributed by atoms with Crippen molar-refractivity contribution in [3.8, 4) is 0 Å². The molecule has 0 spiro atoms. The van der Waals surface area contributed by atoms with Crippen LogP contribution in [0.4, 0.5) is 0 Å². The molecule has 0 aliphatic heterocycles. The number of halogens is 2. The van der Waals surface area contributed by atoms with Crippen molar-refractivity contribution < 1.29 is 4.79 Å². The maximum absolute atomic E-state index is 12.8. The van der Waals surface area contributed by atoms with Gasteiger partial charge >= 0.3 is 0 Å². The van der Waals surface area contributed by atoms with Gasteiger partial charge in [-0.3, -0.25) is 4.79 Å². The molecule has 4 nitrogen and oxygen atoms in total. The molecule has 1 amide bonds. The topological polar surface area (TPSA) is 46.9 Å².